The van der Waals surface area contributed by atoms with Gasteiger partial charge in [-0.05, 0) is 5.56 Å². The molecule has 0 aromatic heterocycles. The quantitative estimate of drug-likeness (QED) is 0.769. The number of aliphatic hydroxyl groups is 1. The third kappa shape index (κ3) is 4.64. The Labute approximate surface area is 103 Å². The lowest BCUT2D eigenvalue weighted by molar-refractivity contribution is -0.176. The van der Waals surface area contributed by atoms with Gasteiger partial charge in [-0.1, -0.05) is 30.3 Å². The lowest BCUT2D eigenvalue weighted by Crippen LogP contribution is -2.36. The summed E-state index contributed by atoms with van der Waals surface area (Å²) in [5.41, 5.74) is 4.70. The molecule has 6 heteroatoms. The van der Waals surface area contributed by atoms with E-state index in [1.807, 2.05) is 0 Å². The van der Waals surface area contributed by atoms with Gasteiger partial charge in [0.1, 0.15) is 12.2 Å². The smallest absolute Gasteiger partial charge is 0.384 e. The molecule has 0 saturated heterocycles. The fraction of sp³-hybridized carbons (Fsp3) is 0.500. The van der Waals surface area contributed by atoms with Gasteiger partial charge >= 0.3 is 6.18 Å². The van der Waals surface area contributed by atoms with Crippen LogP contribution in [0.3, 0.4) is 0 Å². The van der Waals surface area contributed by atoms with Crippen molar-refractivity contribution in [2.45, 2.75) is 18.2 Å². The summed E-state index contributed by atoms with van der Waals surface area (Å²) in [4.78, 5) is 0. The molecule has 102 valence electrons. The van der Waals surface area contributed by atoms with Crippen LogP contribution in [0.5, 0.6) is 0 Å². The first-order chi connectivity index (χ1) is 8.37. The monoisotopic (exact) mass is 263 g/mol. The molecule has 0 aliphatic heterocycles. The molecule has 1 atom stereocenters. The maximum absolute atomic E-state index is 11.9. The zero-order chi connectivity index (χ0) is 13.6. The van der Waals surface area contributed by atoms with Gasteiger partial charge in [0, 0.05) is 13.0 Å². The van der Waals surface area contributed by atoms with Crippen LogP contribution in [-0.4, -0.2) is 31.0 Å². The average molecular weight is 263 g/mol. The number of hydrogen-bond acceptors (Lipinski definition) is 3. The van der Waals surface area contributed by atoms with Gasteiger partial charge in [0.25, 0.3) is 0 Å². The summed E-state index contributed by atoms with van der Waals surface area (Å²) < 4.78 is 40.1. The van der Waals surface area contributed by atoms with Crippen LogP contribution < -0.4 is 5.73 Å². The predicted molar refractivity (Wildman–Crippen MR) is 60.9 cm³/mol. The molecular weight excluding hydrogens is 247 g/mol. The predicted octanol–water partition coefficient (Wildman–Crippen LogP) is 1.80. The molecule has 0 amide bonds. The summed E-state index contributed by atoms with van der Waals surface area (Å²) in [5.74, 6) is 0. The zero-order valence-electron chi connectivity index (χ0n) is 9.78. The van der Waals surface area contributed by atoms with Gasteiger partial charge in [-0.15, -0.1) is 0 Å². The van der Waals surface area contributed by atoms with Crippen LogP contribution in [0, 0.1) is 0 Å². The number of nitrogens with two attached hydrogens (primary N) is 1. The van der Waals surface area contributed by atoms with Gasteiger partial charge in [0.2, 0.25) is 0 Å². The Bertz CT molecular complexity index is 356. The second kappa shape index (κ2) is 6.17. The van der Waals surface area contributed by atoms with E-state index in [1.54, 1.807) is 30.3 Å². The van der Waals surface area contributed by atoms with Crippen molar-refractivity contribution in [3.05, 3.63) is 35.9 Å². The number of rotatable bonds is 6. The van der Waals surface area contributed by atoms with Crippen molar-refractivity contribution in [2.24, 2.45) is 5.73 Å². The van der Waals surface area contributed by atoms with E-state index in [-0.39, 0.29) is 19.6 Å². The van der Waals surface area contributed by atoms with Crippen LogP contribution in [0.2, 0.25) is 0 Å². The number of alkyl halides is 3. The average Bonchev–Trinajstić information content (AvgIpc) is 2.34. The molecule has 3 nitrogen and oxygen atoms in total. The largest absolute Gasteiger partial charge is 0.411 e. The third-order valence-electron chi connectivity index (χ3n) is 2.57. The maximum atomic E-state index is 11.9. The molecule has 18 heavy (non-hydrogen) atoms. The second-order valence-electron chi connectivity index (χ2n) is 4.02. The van der Waals surface area contributed by atoms with Gasteiger partial charge in [0.05, 0.1) is 6.61 Å². The molecule has 1 rings (SSSR count). The van der Waals surface area contributed by atoms with E-state index < -0.39 is 18.4 Å². The first kappa shape index (κ1) is 14.9. The molecule has 1 aromatic rings. The molecule has 0 spiro atoms. The van der Waals surface area contributed by atoms with Gasteiger partial charge < -0.3 is 15.6 Å². The third-order valence-corrected chi connectivity index (χ3v) is 2.57. The standard InChI is InChI=1S/C12H16F3NO2/c13-12(14,15)9-18-7-6-11(17,8-16)10-4-2-1-3-5-10/h1-5,17H,6-9,16H2. The molecule has 0 fully saturated rings. The summed E-state index contributed by atoms with van der Waals surface area (Å²) in [7, 11) is 0. The highest BCUT2D eigenvalue weighted by Gasteiger charge is 2.30. The van der Waals surface area contributed by atoms with E-state index >= 15 is 0 Å². The molecule has 0 radical (unpaired) electrons. The Morgan fingerprint density at radius 1 is 1.17 bits per heavy atom. The number of ether oxygens (including phenoxy) is 1. The summed E-state index contributed by atoms with van der Waals surface area (Å²) in [6, 6.07) is 8.59. The summed E-state index contributed by atoms with van der Waals surface area (Å²) in [6.07, 6.45) is -4.34. The van der Waals surface area contributed by atoms with Gasteiger partial charge in [-0.2, -0.15) is 13.2 Å². The van der Waals surface area contributed by atoms with Crippen molar-refractivity contribution in [2.75, 3.05) is 19.8 Å². The molecule has 0 aliphatic rings. The summed E-state index contributed by atoms with van der Waals surface area (Å²) >= 11 is 0. The topological polar surface area (TPSA) is 55.5 Å². The Balaban J connectivity index is 2.52. The molecule has 0 bridgehead atoms. The highest BCUT2D eigenvalue weighted by Crippen LogP contribution is 2.24. The Hall–Kier alpha value is -1.11. The number of hydrogen-bond donors (Lipinski definition) is 2. The fourth-order valence-corrected chi connectivity index (χ4v) is 1.54. The van der Waals surface area contributed by atoms with E-state index in [1.165, 1.54) is 0 Å². The van der Waals surface area contributed by atoms with E-state index in [0.717, 1.165) is 0 Å². The molecule has 3 N–H and O–H groups in total. The SMILES string of the molecule is NCC(O)(CCOCC(F)(F)F)c1ccccc1. The van der Waals surface area contributed by atoms with Crippen molar-refractivity contribution in [3.8, 4) is 0 Å². The summed E-state index contributed by atoms with van der Waals surface area (Å²) in [6.45, 7) is -1.60. The number of benzene rings is 1. The highest BCUT2D eigenvalue weighted by atomic mass is 19.4. The normalized spacial score (nSPS) is 15.4. The molecule has 1 unspecified atom stereocenters. The van der Waals surface area contributed by atoms with Crippen LogP contribution in [0.15, 0.2) is 30.3 Å². The Morgan fingerprint density at radius 3 is 2.28 bits per heavy atom. The minimum atomic E-state index is -4.35. The van der Waals surface area contributed by atoms with Crippen molar-refractivity contribution < 1.29 is 23.0 Å². The highest BCUT2D eigenvalue weighted by molar-refractivity contribution is 5.22. The fourth-order valence-electron chi connectivity index (χ4n) is 1.54. The number of halogens is 3. The van der Waals surface area contributed by atoms with E-state index in [9.17, 15) is 18.3 Å². The van der Waals surface area contributed by atoms with Crippen LogP contribution in [0.4, 0.5) is 13.2 Å². The van der Waals surface area contributed by atoms with Crippen LogP contribution in [-0.2, 0) is 10.3 Å². The lowest BCUT2D eigenvalue weighted by Gasteiger charge is -2.27. The first-order valence-electron chi connectivity index (χ1n) is 5.50. The van der Waals surface area contributed by atoms with E-state index in [4.69, 9.17) is 5.73 Å². The van der Waals surface area contributed by atoms with Crippen molar-refractivity contribution >= 4 is 0 Å². The van der Waals surface area contributed by atoms with Crippen LogP contribution in [0.1, 0.15) is 12.0 Å². The molecule has 0 heterocycles. The van der Waals surface area contributed by atoms with Crippen molar-refractivity contribution in [1.82, 2.24) is 0 Å². The summed E-state index contributed by atoms with van der Waals surface area (Å²) in [5, 5.41) is 10.2. The van der Waals surface area contributed by atoms with E-state index in [0.29, 0.717) is 5.56 Å². The van der Waals surface area contributed by atoms with Crippen LogP contribution >= 0.6 is 0 Å². The van der Waals surface area contributed by atoms with E-state index in [2.05, 4.69) is 4.74 Å². The van der Waals surface area contributed by atoms with Crippen LogP contribution in [0.25, 0.3) is 0 Å². The lowest BCUT2D eigenvalue weighted by atomic mass is 9.91. The van der Waals surface area contributed by atoms with Crippen molar-refractivity contribution in [3.63, 3.8) is 0 Å². The molecular formula is C12H16F3NO2. The van der Waals surface area contributed by atoms with Gasteiger partial charge in [-0.3, -0.25) is 0 Å². The van der Waals surface area contributed by atoms with Gasteiger partial charge in [0.15, 0.2) is 0 Å². The van der Waals surface area contributed by atoms with Crippen molar-refractivity contribution in [1.29, 1.82) is 0 Å². The zero-order valence-corrected chi connectivity index (χ0v) is 9.78. The minimum absolute atomic E-state index is 0.0175. The first-order valence-corrected chi connectivity index (χ1v) is 5.50. The Kier molecular flexibility index (Phi) is 5.13. The molecule has 0 saturated carbocycles. The maximum Gasteiger partial charge on any atom is 0.411 e. The Morgan fingerprint density at radius 2 is 1.78 bits per heavy atom. The second-order valence-corrected chi connectivity index (χ2v) is 4.02. The molecule has 0 aliphatic carbocycles. The van der Waals surface area contributed by atoms with Gasteiger partial charge in [-0.25, -0.2) is 0 Å². The minimum Gasteiger partial charge on any atom is -0.384 e. The molecule has 1 aromatic carbocycles.